The molecule has 0 aromatic heterocycles. The van der Waals surface area contributed by atoms with E-state index in [1.807, 2.05) is 24.3 Å². The molecule has 0 aliphatic carbocycles. The van der Waals surface area contributed by atoms with E-state index in [4.69, 9.17) is 37.9 Å². The molecule has 2 aromatic rings. The van der Waals surface area contributed by atoms with Crippen LogP contribution in [0.15, 0.2) is 24.3 Å². The summed E-state index contributed by atoms with van der Waals surface area (Å²) >= 11 is 0. The number of benzene rings is 2. The molecule has 3 aliphatic rings. The van der Waals surface area contributed by atoms with Gasteiger partial charge in [-0.25, -0.2) is 0 Å². The zero-order valence-corrected chi connectivity index (χ0v) is 18.0. The first-order valence-electron chi connectivity index (χ1n) is 10.2. The maximum absolute atomic E-state index is 6.26. The minimum atomic E-state index is -0.125. The molecule has 31 heavy (non-hydrogen) atoms. The average Bonchev–Trinajstić information content (AvgIpc) is 3.53. The van der Waals surface area contributed by atoms with Crippen molar-refractivity contribution in [1.82, 2.24) is 0 Å². The molecule has 0 saturated carbocycles. The number of ether oxygens (including phenoxy) is 8. The van der Waals surface area contributed by atoms with Gasteiger partial charge in [-0.15, -0.1) is 0 Å². The summed E-state index contributed by atoms with van der Waals surface area (Å²) in [6, 6.07) is 7.84. The van der Waals surface area contributed by atoms with Crippen LogP contribution >= 0.6 is 0 Å². The van der Waals surface area contributed by atoms with E-state index in [-0.39, 0.29) is 30.8 Å². The molecular formula is C23H26O8. The van der Waals surface area contributed by atoms with Gasteiger partial charge in [0.15, 0.2) is 23.0 Å². The van der Waals surface area contributed by atoms with Gasteiger partial charge < -0.3 is 37.9 Å². The normalized spacial score (nSPS) is 25.9. The fraction of sp³-hybridized carbons (Fsp3) is 0.478. The molecule has 2 fully saturated rings. The van der Waals surface area contributed by atoms with Crippen LogP contribution in [0.25, 0.3) is 0 Å². The van der Waals surface area contributed by atoms with Crippen LogP contribution in [0.4, 0.5) is 0 Å². The number of hydrogen-bond donors (Lipinski definition) is 0. The van der Waals surface area contributed by atoms with Crippen molar-refractivity contribution in [3.63, 3.8) is 0 Å². The zero-order chi connectivity index (χ0) is 21.5. The molecule has 166 valence electrons. The fourth-order valence-corrected chi connectivity index (χ4v) is 4.81. The van der Waals surface area contributed by atoms with Crippen molar-refractivity contribution in [3.8, 4) is 34.5 Å². The summed E-state index contributed by atoms with van der Waals surface area (Å²) in [7, 11) is 6.44. The maximum atomic E-state index is 6.26. The zero-order valence-electron chi connectivity index (χ0n) is 18.0. The number of methoxy groups -OCH3 is 4. The fourth-order valence-electron chi connectivity index (χ4n) is 4.81. The molecule has 0 amide bonds. The van der Waals surface area contributed by atoms with E-state index < -0.39 is 0 Å². The lowest BCUT2D eigenvalue weighted by atomic mass is 9.84. The predicted octanol–water partition coefficient (Wildman–Crippen LogP) is 3.52. The van der Waals surface area contributed by atoms with Crippen molar-refractivity contribution in [2.45, 2.75) is 12.2 Å². The smallest absolute Gasteiger partial charge is 0.231 e. The van der Waals surface area contributed by atoms with Crippen molar-refractivity contribution in [2.24, 2.45) is 11.8 Å². The SMILES string of the molecule is COc1cc([C@H]2OC[C@@H]3[C@H]2CO[C@@H]3c2cc(OC)c3c(c2)OCO3)cc(OC)c1OC. The lowest BCUT2D eigenvalue weighted by molar-refractivity contribution is 0.0190. The molecule has 0 unspecified atom stereocenters. The third kappa shape index (κ3) is 3.21. The first-order chi connectivity index (χ1) is 15.2. The highest BCUT2D eigenvalue weighted by molar-refractivity contribution is 5.56. The van der Waals surface area contributed by atoms with Crippen molar-refractivity contribution in [3.05, 3.63) is 35.4 Å². The van der Waals surface area contributed by atoms with Crippen LogP contribution < -0.4 is 28.4 Å². The Morgan fingerprint density at radius 2 is 1.23 bits per heavy atom. The summed E-state index contributed by atoms with van der Waals surface area (Å²) in [5, 5.41) is 0. The molecule has 0 N–H and O–H groups in total. The molecule has 0 radical (unpaired) electrons. The first-order valence-corrected chi connectivity index (χ1v) is 10.2. The Morgan fingerprint density at radius 3 is 1.77 bits per heavy atom. The first kappa shape index (κ1) is 20.1. The highest BCUT2D eigenvalue weighted by atomic mass is 16.7. The molecule has 2 saturated heterocycles. The van der Waals surface area contributed by atoms with Crippen LogP contribution in [-0.4, -0.2) is 48.4 Å². The van der Waals surface area contributed by atoms with Crippen molar-refractivity contribution < 1.29 is 37.9 Å². The van der Waals surface area contributed by atoms with E-state index >= 15 is 0 Å². The summed E-state index contributed by atoms with van der Waals surface area (Å²) in [5.74, 6) is 4.16. The van der Waals surface area contributed by atoms with Crippen LogP contribution in [0.5, 0.6) is 34.5 Å². The van der Waals surface area contributed by atoms with Crippen molar-refractivity contribution in [1.29, 1.82) is 0 Å². The second-order valence-electron chi connectivity index (χ2n) is 7.75. The van der Waals surface area contributed by atoms with Gasteiger partial charge in [0, 0.05) is 11.8 Å². The lowest BCUT2D eigenvalue weighted by Crippen LogP contribution is -2.15. The lowest BCUT2D eigenvalue weighted by Gasteiger charge is -2.20. The minimum absolute atomic E-state index is 0.111. The van der Waals surface area contributed by atoms with E-state index in [1.165, 1.54) is 0 Å². The van der Waals surface area contributed by atoms with Crippen molar-refractivity contribution >= 4 is 0 Å². The number of fused-ring (bicyclic) bond motifs is 2. The van der Waals surface area contributed by atoms with Gasteiger partial charge in [-0.1, -0.05) is 0 Å². The molecule has 8 nitrogen and oxygen atoms in total. The predicted molar refractivity (Wildman–Crippen MR) is 110 cm³/mol. The molecule has 8 heteroatoms. The Hall–Kier alpha value is -2.84. The number of rotatable bonds is 6. The quantitative estimate of drug-likeness (QED) is 0.689. The Bertz CT molecular complexity index is 949. The highest BCUT2D eigenvalue weighted by Crippen LogP contribution is 2.54. The Balaban J connectivity index is 1.44. The van der Waals surface area contributed by atoms with Gasteiger partial charge in [0.2, 0.25) is 18.3 Å². The molecule has 0 spiro atoms. The number of hydrogen-bond acceptors (Lipinski definition) is 8. The van der Waals surface area contributed by atoms with Crippen LogP contribution in [0.2, 0.25) is 0 Å². The van der Waals surface area contributed by atoms with E-state index in [0.29, 0.717) is 47.7 Å². The molecule has 0 bridgehead atoms. The third-order valence-corrected chi connectivity index (χ3v) is 6.29. The summed E-state index contributed by atoms with van der Waals surface area (Å²) < 4.78 is 45.6. The van der Waals surface area contributed by atoms with Gasteiger partial charge >= 0.3 is 0 Å². The molecule has 5 rings (SSSR count). The van der Waals surface area contributed by atoms with Crippen LogP contribution in [0, 0.1) is 11.8 Å². The van der Waals surface area contributed by atoms with Crippen LogP contribution in [-0.2, 0) is 9.47 Å². The summed E-state index contributed by atoms with van der Waals surface area (Å²) in [4.78, 5) is 0. The van der Waals surface area contributed by atoms with E-state index in [0.717, 1.165) is 11.1 Å². The average molecular weight is 430 g/mol. The standard InChI is InChI=1S/C23H26O8/c1-24-16-5-12(6-17(25-2)22(16)27-4)20-14-9-29-21(15(14)10-28-20)13-7-18(26-3)23-19(8-13)30-11-31-23/h5-8,14-15,20-21H,9-11H2,1-4H3/t14-,15-,20-,21-/m1/s1. The second-order valence-corrected chi connectivity index (χ2v) is 7.75. The highest BCUT2D eigenvalue weighted by Gasteiger charge is 2.48. The maximum Gasteiger partial charge on any atom is 0.231 e. The topological polar surface area (TPSA) is 73.8 Å². The molecule has 2 aromatic carbocycles. The Kier molecular flexibility index (Phi) is 5.19. The van der Waals surface area contributed by atoms with Gasteiger partial charge in [0.05, 0.1) is 53.9 Å². The van der Waals surface area contributed by atoms with Crippen LogP contribution in [0.1, 0.15) is 23.3 Å². The van der Waals surface area contributed by atoms with Gasteiger partial charge in [-0.2, -0.15) is 0 Å². The minimum Gasteiger partial charge on any atom is -0.493 e. The Morgan fingerprint density at radius 1 is 0.677 bits per heavy atom. The van der Waals surface area contributed by atoms with Gasteiger partial charge in [0.25, 0.3) is 0 Å². The molecule has 3 aliphatic heterocycles. The van der Waals surface area contributed by atoms with Gasteiger partial charge in [0.1, 0.15) is 0 Å². The Labute approximate surface area is 180 Å². The van der Waals surface area contributed by atoms with Crippen LogP contribution in [0.3, 0.4) is 0 Å². The van der Waals surface area contributed by atoms with Gasteiger partial charge in [-0.05, 0) is 35.4 Å². The van der Waals surface area contributed by atoms with E-state index in [1.54, 1.807) is 28.4 Å². The monoisotopic (exact) mass is 430 g/mol. The second kappa shape index (κ2) is 8.01. The van der Waals surface area contributed by atoms with E-state index in [9.17, 15) is 0 Å². The molecule has 3 heterocycles. The summed E-state index contributed by atoms with van der Waals surface area (Å²) in [5.41, 5.74) is 1.98. The van der Waals surface area contributed by atoms with Crippen molar-refractivity contribution in [2.75, 3.05) is 48.4 Å². The van der Waals surface area contributed by atoms with Gasteiger partial charge in [-0.3, -0.25) is 0 Å². The largest absolute Gasteiger partial charge is 0.493 e. The molecule has 4 atom stereocenters. The summed E-state index contributed by atoms with van der Waals surface area (Å²) in [6.07, 6.45) is -0.236. The third-order valence-electron chi connectivity index (χ3n) is 6.29. The molecular weight excluding hydrogens is 404 g/mol. The van der Waals surface area contributed by atoms with E-state index in [2.05, 4.69) is 0 Å². The summed E-state index contributed by atoms with van der Waals surface area (Å²) in [6.45, 7) is 1.37.